The number of carbonyl (C=O) groups is 4. The summed E-state index contributed by atoms with van der Waals surface area (Å²) < 4.78 is 28.4. The number of carbonyl (C=O) groups excluding carboxylic acids is 3. The highest BCUT2D eigenvalue weighted by Gasteiger charge is 2.19. The van der Waals surface area contributed by atoms with Crippen molar-refractivity contribution in [1.29, 1.82) is 0 Å². The zero-order valence-electron chi connectivity index (χ0n) is 30.1. The summed E-state index contributed by atoms with van der Waals surface area (Å²) in [6.45, 7) is 16.8. The molecule has 2 atom stereocenters. The van der Waals surface area contributed by atoms with E-state index < -0.39 is 23.9 Å². The van der Waals surface area contributed by atoms with Gasteiger partial charge in [0, 0.05) is 24.0 Å². The smallest absolute Gasteiger partial charge is 0.343 e. The molecule has 0 heterocycles. The van der Waals surface area contributed by atoms with Gasteiger partial charge in [0.15, 0.2) is 0 Å². The normalized spacial score (nSPS) is 11.9. The van der Waals surface area contributed by atoms with Crippen molar-refractivity contribution in [3.63, 3.8) is 0 Å². The number of rotatable bonds is 20. The lowest BCUT2D eigenvalue weighted by atomic mass is 9.97. The number of hydrogen-bond donors (Lipinski definition) is 1. The molecule has 0 saturated heterocycles. The van der Waals surface area contributed by atoms with Crippen LogP contribution in [0.15, 0.2) is 85.0 Å². The first kappa shape index (κ1) is 40.1. The molecule has 51 heavy (non-hydrogen) atoms. The SMILES string of the molecule is C=C(C)C(=O)OC(CCC)CCOc1ccc(C(=O)Oc2ccc(-c3cc(OCCC(CCC)OC(=O)C(=C)C)ccc3C(=O)O)cc2C)cc1. The van der Waals surface area contributed by atoms with Gasteiger partial charge in [-0.15, -0.1) is 0 Å². The van der Waals surface area contributed by atoms with Crippen molar-refractivity contribution >= 4 is 23.9 Å². The highest BCUT2D eigenvalue weighted by Crippen LogP contribution is 2.32. The first-order chi connectivity index (χ1) is 24.3. The van der Waals surface area contributed by atoms with E-state index in [0.717, 1.165) is 12.8 Å². The minimum absolute atomic E-state index is 0.0850. The van der Waals surface area contributed by atoms with Gasteiger partial charge < -0.3 is 28.8 Å². The molecule has 0 spiro atoms. The fourth-order valence-electron chi connectivity index (χ4n) is 5.10. The Bertz CT molecular complexity index is 1710. The topological polar surface area (TPSA) is 135 Å². The summed E-state index contributed by atoms with van der Waals surface area (Å²) in [6.07, 6.45) is 3.47. The number of carboxylic acid groups (broad SMARTS) is 1. The molecule has 10 nitrogen and oxygen atoms in total. The molecule has 0 aliphatic heterocycles. The summed E-state index contributed by atoms with van der Waals surface area (Å²) in [7, 11) is 0. The standard InChI is InChI=1S/C41H48O10/c1-8-10-32(49-39(44)26(3)4)20-22-47-31-15-12-29(13-16-31)41(46)51-37-19-14-30(24-28(37)7)36-25-34(17-18-35(36)38(42)43)48-23-21-33(11-9-2)50-40(45)27(5)6/h12-19,24-25,32-33H,3,5,8-11,20-23H2,1-2,4,6-7H3,(H,42,43). The maximum absolute atomic E-state index is 13.0. The third kappa shape index (κ3) is 12.5. The lowest BCUT2D eigenvalue weighted by Crippen LogP contribution is -2.21. The van der Waals surface area contributed by atoms with Crippen molar-refractivity contribution in [2.24, 2.45) is 0 Å². The van der Waals surface area contributed by atoms with Gasteiger partial charge in [-0.3, -0.25) is 0 Å². The molecule has 0 fully saturated rings. The minimum atomic E-state index is -1.10. The Labute approximate surface area is 300 Å². The minimum Gasteiger partial charge on any atom is -0.493 e. The molecular weight excluding hydrogens is 652 g/mol. The van der Waals surface area contributed by atoms with Crippen molar-refractivity contribution in [3.8, 4) is 28.4 Å². The van der Waals surface area contributed by atoms with Crippen LogP contribution in [0, 0.1) is 6.92 Å². The molecule has 0 aliphatic rings. The third-order valence-corrected chi connectivity index (χ3v) is 7.88. The third-order valence-electron chi connectivity index (χ3n) is 7.88. The van der Waals surface area contributed by atoms with E-state index >= 15 is 0 Å². The van der Waals surface area contributed by atoms with Crippen LogP contribution in [-0.4, -0.2) is 54.4 Å². The van der Waals surface area contributed by atoms with Crippen LogP contribution in [0.5, 0.6) is 17.2 Å². The van der Waals surface area contributed by atoms with Crippen molar-refractivity contribution in [3.05, 3.63) is 102 Å². The Kier molecular flexibility index (Phi) is 15.5. The van der Waals surface area contributed by atoms with Gasteiger partial charge >= 0.3 is 23.9 Å². The van der Waals surface area contributed by atoms with Gasteiger partial charge in [0.1, 0.15) is 29.5 Å². The number of ether oxygens (including phenoxy) is 5. The summed E-state index contributed by atoms with van der Waals surface area (Å²) in [5.74, 6) is -1.18. The lowest BCUT2D eigenvalue weighted by molar-refractivity contribution is -0.146. The van der Waals surface area contributed by atoms with E-state index in [-0.39, 0.29) is 24.4 Å². The maximum Gasteiger partial charge on any atom is 0.343 e. The number of benzene rings is 3. The molecule has 1 N–H and O–H groups in total. The largest absolute Gasteiger partial charge is 0.493 e. The zero-order chi connectivity index (χ0) is 37.5. The molecule has 3 rings (SSSR count). The van der Waals surface area contributed by atoms with E-state index in [9.17, 15) is 24.3 Å². The van der Waals surface area contributed by atoms with Crippen LogP contribution in [0.2, 0.25) is 0 Å². The maximum atomic E-state index is 13.0. The van der Waals surface area contributed by atoms with Gasteiger partial charge in [-0.25, -0.2) is 19.2 Å². The van der Waals surface area contributed by atoms with Crippen molar-refractivity contribution < 1.29 is 48.0 Å². The monoisotopic (exact) mass is 700 g/mol. The van der Waals surface area contributed by atoms with E-state index in [1.54, 1.807) is 75.4 Å². The quantitative estimate of drug-likeness (QED) is 0.0693. The number of hydrogen-bond acceptors (Lipinski definition) is 9. The number of esters is 3. The predicted octanol–water partition coefficient (Wildman–Crippen LogP) is 8.69. The lowest BCUT2D eigenvalue weighted by Gasteiger charge is -2.18. The van der Waals surface area contributed by atoms with Crippen molar-refractivity contribution in [1.82, 2.24) is 0 Å². The second-order valence-corrected chi connectivity index (χ2v) is 12.4. The number of carboxylic acids is 1. The molecule has 0 radical (unpaired) electrons. The second-order valence-electron chi connectivity index (χ2n) is 12.4. The first-order valence-corrected chi connectivity index (χ1v) is 17.1. The average molecular weight is 701 g/mol. The Hall–Kier alpha value is -5.38. The molecule has 3 aromatic rings. The van der Waals surface area contributed by atoms with Crippen LogP contribution in [0.4, 0.5) is 0 Å². The van der Waals surface area contributed by atoms with E-state index in [4.69, 9.17) is 23.7 Å². The van der Waals surface area contributed by atoms with Crippen molar-refractivity contribution in [2.45, 2.75) is 85.4 Å². The van der Waals surface area contributed by atoms with Gasteiger partial charge in [-0.05, 0) is 105 Å². The molecule has 0 aromatic heterocycles. The molecule has 0 amide bonds. The predicted molar refractivity (Wildman–Crippen MR) is 194 cm³/mol. The molecule has 0 saturated carbocycles. The van der Waals surface area contributed by atoms with Gasteiger partial charge in [-0.2, -0.15) is 0 Å². The van der Waals surface area contributed by atoms with Crippen LogP contribution in [0.1, 0.15) is 92.5 Å². The molecule has 0 bridgehead atoms. The second kappa shape index (κ2) is 19.7. The van der Waals surface area contributed by atoms with E-state index in [1.165, 1.54) is 6.07 Å². The molecule has 0 aliphatic carbocycles. The molecule has 2 unspecified atom stereocenters. The Morgan fingerprint density at radius 2 is 1.24 bits per heavy atom. The number of aryl methyl sites for hydroxylation is 1. The summed E-state index contributed by atoms with van der Waals surface area (Å²) in [6, 6.07) is 16.3. The summed E-state index contributed by atoms with van der Waals surface area (Å²) in [5, 5.41) is 9.89. The highest BCUT2D eigenvalue weighted by molar-refractivity contribution is 5.97. The fraction of sp³-hybridized carbons (Fsp3) is 0.366. The van der Waals surface area contributed by atoms with Crippen LogP contribution in [0.3, 0.4) is 0 Å². The highest BCUT2D eigenvalue weighted by atomic mass is 16.6. The van der Waals surface area contributed by atoms with Gasteiger partial charge in [0.25, 0.3) is 0 Å². The van der Waals surface area contributed by atoms with E-state index in [0.29, 0.717) is 82.9 Å². The Morgan fingerprint density at radius 1 is 0.706 bits per heavy atom. The van der Waals surface area contributed by atoms with Crippen LogP contribution >= 0.6 is 0 Å². The zero-order valence-corrected chi connectivity index (χ0v) is 30.1. The van der Waals surface area contributed by atoms with E-state index in [2.05, 4.69) is 13.2 Å². The summed E-state index contributed by atoms with van der Waals surface area (Å²) in [4.78, 5) is 49.0. The Balaban J connectivity index is 1.64. The first-order valence-electron chi connectivity index (χ1n) is 17.1. The van der Waals surface area contributed by atoms with Crippen LogP contribution in [-0.2, 0) is 19.1 Å². The number of aromatic carboxylic acids is 1. The van der Waals surface area contributed by atoms with Gasteiger partial charge in [0.2, 0.25) is 0 Å². The van der Waals surface area contributed by atoms with Gasteiger partial charge in [-0.1, -0.05) is 45.9 Å². The van der Waals surface area contributed by atoms with Crippen LogP contribution in [0.25, 0.3) is 11.1 Å². The average Bonchev–Trinajstić information content (AvgIpc) is 3.09. The fourth-order valence-corrected chi connectivity index (χ4v) is 5.10. The molecule has 272 valence electrons. The Morgan fingerprint density at radius 3 is 1.73 bits per heavy atom. The molecule has 3 aromatic carbocycles. The summed E-state index contributed by atoms with van der Waals surface area (Å²) in [5.41, 5.74) is 2.75. The molecular formula is C41H48O10. The van der Waals surface area contributed by atoms with Crippen molar-refractivity contribution in [2.75, 3.05) is 13.2 Å². The summed E-state index contributed by atoms with van der Waals surface area (Å²) >= 11 is 0. The van der Waals surface area contributed by atoms with E-state index in [1.807, 2.05) is 13.8 Å². The van der Waals surface area contributed by atoms with Gasteiger partial charge in [0.05, 0.1) is 24.3 Å². The van der Waals surface area contributed by atoms with Crippen LogP contribution < -0.4 is 14.2 Å². The molecule has 10 heteroatoms.